The number of amides is 1. The largest absolute Gasteiger partial charge is 0.302 e. The number of hydrogen-bond acceptors (Lipinski definition) is 5. The van der Waals surface area contributed by atoms with Crippen LogP contribution in [0.15, 0.2) is 90.1 Å². The minimum atomic E-state index is -0.0946. The summed E-state index contributed by atoms with van der Waals surface area (Å²) in [6.45, 7) is 5.43. The summed E-state index contributed by atoms with van der Waals surface area (Å²) in [5.41, 5.74) is 7.30. The number of para-hydroxylation sites is 1. The molecule has 33 heavy (non-hydrogen) atoms. The molecule has 0 spiro atoms. The highest BCUT2D eigenvalue weighted by molar-refractivity contribution is 7.99. The van der Waals surface area contributed by atoms with Crippen LogP contribution in [0.1, 0.15) is 18.1 Å². The maximum Gasteiger partial charge on any atom is 0.248 e. The summed E-state index contributed by atoms with van der Waals surface area (Å²) in [7, 11) is 0. The highest BCUT2D eigenvalue weighted by Crippen LogP contribution is 2.26. The van der Waals surface area contributed by atoms with E-state index in [0.717, 1.165) is 39.9 Å². The fourth-order valence-electron chi connectivity index (χ4n) is 3.59. The fourth-order valence-corrected chi connectivity index (χ4v) is 4.38. The normalized spacial score (nSPS) is 10.7. The second-order valence-electron chi connectivity index (χ2n) is 7.60. The number of carbonyl (C=O) groups excluding carboxylic acids is 1. The Bertz CT molecular complexity index is 1190. The summed E-state index contributed by atoms with van der Waals surface area (Å²) in [6, 6.07) is 28.1. The molecular formula is C26H27N5OS. The summed E-state index contributed by atoms with van der Waals surface area (Å²) >= 11 is 1.40. The first-order valence-electron chi connectivity index (χ1n) is 10.9. The van der Waals surface area contributed by atoms with E-state index in [1.54, 1.807) is 0 Å². The van der Waals surface area contributed by atoms with Crippen molar-refractivity contribution < 1.29 is 4.79 Å². The zero-order valence-corrected chi connectivity index (χ0v) is 19.6. The first kappa shape index (κ1) is 22.6. The Labute approximate surface area is 198 Å². The minimum absolute atomic E-state index is 0.0946. The van der Waals surface area contributed by atoms with Crippen LogP contribution in [-0.4, -0.2) is 26.4 Å². The van der Waals surface area contributed by atoms with Gasteiger partial charge in [0, 0.05) is 12.1 Å². The average molecular weight is 458 g/mol. The Balaban J connectivity index is 1.46. The van der Waals surface area contributed by atoms with E-state index in [1.165, 1.54) is 11.8 Å². The van der Waals surface area contributed by atoms with E-state index < -0.39 is 0 Å². The van der Waals surface area contributed by atoms with Gasteiger partial charge in [0.25, 0.3) is 0 Å². The topological polar surface area (TPSA) is 63.1 Å². The van der Waals surface area contributed by atoms with Gasteiger partial charge in [0.15, 0.2) is 11.0 Å². The molecule has 0 aliphatic carbocycles. The maximum atomic E-state index is 12.9. The molecule has 0 bridgehead atoms. The average Bonchev–Trinajstić information content (AvgIpc) is 3.26. The zero-order valence-electron chi connectivity index (χ0n) is 18.8. The van der Waals surface area contributed by atoms with Crippen molar-refractivity contribution in [3.63, 3.8) is 0 Å². The van der Waals surface area contributed by atoms with Crippen molar-refractivity contribution >= 4 is 23.4 Å². The van der Waals surface area contributed by atoms with Crippen molar-refractivity contribution in [2.24, 2.45) is 0 Å². The van der Waals surface area contributed by atoms with Crippen LogP contribution in [0.4, 0.5) is 5.69 Å². The molecule has 0 unspecified atom stereocenters. The number of aromatic nitrogens is 3. The van der Waals surface area contributed by atoms with Gasteiger partial charge in [-0.15, -0.1) is 10.2 Å². The van der Waals surface area contributed by atoms with Gasteiger partial charge < -0.3 is 4.57 Å². The Hall–Kier alpha value is -3.58. The van der Waals surface area contributed by atoms with Crippen molar-refractivity contribution in [2.45, 2.75) is 32.1 Å². The van der Waals surface area contributed by atoms with E-state index in [2.05, 4.69) is 40.1 Å². The molecule has 0 atom stereocenters. The third-order valence-corrected chi connectivity index (χ3v) is 6.23. The lowest BCUT2D eigenvalue weighted by Crippen LogP contribution is -2.42. The second-order valence-corrected chi connectivity index (χ2v) is 8.54. The van der Waals surface area contributed by atoms with Crippen LogP contribution in [0.5, 0.6) is 0 Å². The summed E-state index contributed by atoms with van der Waals surface area (Å²) < 4.78 is 2.05. The lowest BCUT2D eigenvalue weighted by Gasteiger charge is -2.25. The smallest absolute Gasteiger partial charge is 0.248 e. The second kappa shape index (κ2) is 10.8. The van der Waals surface area contributed by atoms with E-state index in [9.17, 15) is 4.79 Å². The van der Waals surface area contributed by atoms with Crippen LogP contribution in [-0.2, 0) is 17.9 Å². The summed E-state index contributed by atoms with van der Waals surface area (Å²) in [4.78, 5) is 12.9. The van der Waals surface area contributed by atoms with Crippen molar-refractivity contribution in [3.05, 3.63) is 96.1 Å². The Morgan fingerprint density at radius 1 is 0.939 bits per heavy atom. The third-order valence-electron chi connectivity index (χ3n) is 5.26. The van der Waals surface area contributed by atoms with Crippen molar-refractivity contribution in [1.82, 2.24) is 20.2 Å². The van der Waals surface area contributed by atoms with Gasteiger partial charge in [-0.25, -0.2) is 0 Å². The molecule has 4 rings (SSSR count). The molecule has 7 heteroatoms. The summed E-state index contributed by atoms with van der Waals surface area (Å²) in [6.07, 6.45) is 0. The van der Waals surface area contributed by atoms with Crippen LogP contribution >= 0.6 is 11.8 Å². The number of thioether (sulfide) groups is 1. The van der Waals surface area contributed by atoms with E-state index in [-0.39, 0.29) is 11.7 Å². The first-order valence-corrected chi connectivity index (χ1v) is 11.9. The molecule has 6 nitrogen and oxygen atoms in total. The number of anilines is 1. The predicted molar refractivity (Wildman–Crippen MR) is 134 cm³/mol. The monoisotopic (exact) mass is 457 g/mol. The summed E-state index contributed by atoms with van der Waals surface area (Å²) in [5.74, 6) is 0.973. The third kappa shape index (κ3) is 5.62. The molecule has 168 valence electrons. The number of aryl methyl sites for hydroxylation is 1. The molecular weight excluding hydrogens is 430 g/mol. The van der Waals surface area contributed by atoms with E-state index in [0.29, 0.717) is 6.54 Å². The van der Waals surface area contributed by atoms with Crippen LogP contribution in [0, 0.1) is 6.92 Å². The van der Waals surface area contributed by atoms with Crippen LogP contribution in [0.2, 0.25) is 0 Å². The van der Waals surface area contributed by atoms with Crippen molar-refractivity contribution in [3.8, 4) is 11.4 Å². The highest BCUT2D eigenvalue weighted by Gasteiger charge is 2.17. The Morgan fingerprint density at radius 2 is 1.61 bits per heavy atom. The van der Waals surface area contributed by atoms with E-state index in [4.69, 9.17) is 0 Å². The van der Waals surface area contributed by atoms with Crippen molar-refractivity contribution in [2.75, 3.05) is 10.8 Å². The molecule has 3 aromatic carbocycles. The zero-order chi connectivity index (χ0) is 23.0. The molecule has 1 amide bonds. The van der Waals surface area contributed by atoms with Gasteiger partial charge >= 0.3 is 0 Å². The molecule has 0 saturated carbocycles. The van der Waals surface area contributed by atoms with Crippen LogP contribution < -0.4 is 10.4 Å². The molecule has 4 aromatic rings. The number of rotatable bonds is 9. The van der Waals surface area contributed by atoms with Gasteiger partial charge in [-0.05, 0) is 37.1 Å². The van der Waals surface area contributed by atoms with Crippen molar-refractivity contribution in [1.29, 1.82) is 0 Å². The van der Waals surface area contributed by atoms with E-state index in [1.807, 2.05) is 83.9 Å². The van der Waals surface area contributed by atoms with Gasteiger partial charge in [-0.1, -0.05) is 84.6 Å². The molecule has 0 fully saturated rings. The standard InChI is InChI=1S/C26H27N5OS/c1-3-30-25(23-17-11-10-12-20(23)2)27-28-26(30)33-19-24(32)29-31(22-15-8-5-9-16-22)18-21-13-6-4-7-14-21/h4-17H,3,18-19H2,1-2H3,(H,29,32). The van der Waals surface area contributed by atoms with Gasteiger partial charge in [0.2, 0.25) is 5.91 Å². The molecule has 1 N–H and O–H groups in total. The predicted octanol–water partition coefficient (Wildman–Crippen LogP) is 5.10. The fraction of sp³-hybridized carbons (Fsp3) is 0.192. The molecule has 0 aliphatic heterocycles. The molecule has 0 radical (unpaired) electrons. The SMILES string of the molecule is CCn1c(SCC(=O)NN(Cc2ccccc2)c2ccccc2)nnc1-c1ccccc1C. The lowest BCUT2D eigenvalue weighted by atomic mass is 10.1. The van der Waals surface area contributed by atoms with E-state index >= 15 is 0 Å². The van der Waals surface area contributed by atoms with Gasteiger partial charge in [0.1, 0.15) is 0 Å². The van der Waals surface area contributed by atoms with Crippen LogP contribution in [0.3, 0.4) is 0 Å². The highest BCUT2D eigenvalue weighted by atomic mass is 32.2. The number of nitrogens with one attached hydrogen (secondary N) is 1. The number of hydrogen-bond donors (Lipinski definition) is 1. The molecule has 1 aromatic heterocycles. The van der Waals surface area contributed by atoms with Gasteiger partial charge in [0.05, 0.1) is 18.0 Å². The molecule has 0 aliphatic rings. The van der Waals surface area contributed by atoms with Crippen LogP contribution in [0.25, 0.3) is 11.4 Å². The minimum Gasteiger partial charge on any atom is -0.302 e. The molecule has 1 heterocycles. The maximum absolute atomic E-state index is 12.9. The quantitative estimate of drug-likeness (QED) is 0.280. The number of benzene rings is 3. The number of hydrazine groups is 1. The molecule has 0 saturated heterocycles. The Morgan fingerprint density at radius 3 is 2.30 bits per heavy atom. The Kier molecular flexibility index (Phi) is 7.42. The lowest BCUT2D eigenvalue weighted by molar-refractivity contribution is -0.118. The van der Waals surface area contributed by atoms with Gasteiger partial charge in [-0.3, -0.25) is 15.2 Å². The number of carbonyl (C=O) groups is 1. The number of nitrogens with zero attached hydrogens (tertiary/aromatic N) is 4. The van der Waals surface area contributed by atoms with Gasteiger partial charge in [-0.2, -0.15) is 0 Å². The summed E-state index contributed by atoms with van der Waals surface area (Å²) in [5, 5.41) is 11.4. The first-order chi connectivity index (χ1) is 16.2.